The molecule has 3 nitrogen and oxygen atoms in total. The molecular weight excluding hydrogens is 488 g/mol. The van der Waals surface area contributed by atoms with E-state index in [-0.39, 0.29) is 17.6 Å². The third-order valence-corrected chi connectivity index (χ3v) is 7.67. The molecule has 6 heteroatoms. The average Bonchev–Trinajstić information content (AvgIpc) is 2.91. The van der Waals surface area contributed by atoms with E-state index in [9.17, 15) is 8.78 Å². The molecule has 0 saturated heterocycles. The van der Waals surface area contributed by atoms with Crippen LogP contribution in [0.4, 0.5) is 14.5 Å². The summed E-state index contributed by atoms with van der Waals surface area (Å²) in [6, 6.07) is 22.2. The smallest absolute Gasteiger partial charge is 0.123 e. The Hall–Kier alpha value is -3.02. The Balaban J connectivity index is 1.11. The van der Waals surface area contributed by atoms with Crippen LogP contribution in [0, 0.1) is 11.6 Å². The van der Waals surface area contributed by atoms with Crippen LogP contribution < -0.4 is 10.6 Å². The molecule has 1 saturated carbocycles. The van der Waals surface area contributed by atoms with Gasteiger partial charge in [-0.05, 0) is 105 Å². The Morgan fingerprint density at radius 3 is 2.08 bits per heavy atom. The lowest BCUT2D eigenvalue weighted by atomic mass is 9.87. The molecule has 0 spiro atoms. The largest absolute Gasteiger partial charge is 0.382 e. The molecule has 4 aromatic rings. The van der Waals surface area contributed by atoms with Crippen molar-refractivity contribution in [2.75, 3.05) is 11.9 Å². The van der Waals surface area contributed by atoms with E-state index in [0.717, 1.165) is 72.8 Å². The highest BCUT2D eigenvalue weighted by atomic mass is 35.5. The van der Waals surface area contributed by atoms with E-state index in [1.54, 1.807) is 0 Å². The van der Waals surface area contributed by atoms with Crippen LogP contribution in [-0.2, 0) is 0 Å². The highest BCUT2D eigenvalue weighted by molar-refractivity contribution is 6.31. The molecule has 1 aliphatic carbocycles. The number of rotatable bonds is 9. The minimum absolute atomic E-state index is 0.119. The standard InChI is InChI=1S/C31H32ClF2N3/c32-23-7-16-29-30(17-19-36-31(29)20-23)37-27-14-12-26(13-15-27)35-18-1-2-28(21-3-8-24(33)9-4-21)22-5-10-25(34)11-6-22/h3-11,16-17,19-20,26-28,35H,1-2,12-15,18H2,(H,36,37)/t26-,27+. The Morgan fingerprint density at radius 1 is 0.811 bits per heavy atom. The Labute approximate surface area is 222 Å². The zero-order valence-corrected chi connectivity index (χ0v) is 21.5. The summed E-state index contributed by atoms with van der Waals surface area (Å²) in [5.41, 5.74) is 4.15. The van der Waals surface area contributed by atoms with Crippen LogP contribution in [0.2, 0.25) is 5.02 Å². The second-order valence-electron chi connectivity index (χ2n) is 9.96. The summed E-state index contributed by atoms with van der Waals surface area (Å²) >= 11 is 6.13. The van der Waals surface area contributed by atoms with E-state index >= 15 is 0 Å². The minimum Gasteiger partial charge on any atom is -0.382 e. The molecule has 1 aliphatic rings. The number of fused-ring (bicyclic) bond motifs is 1. The molecule has 0 atom stereocenters. The van der Waals surface area contributed by atoms with Crippen molar-refractivity contribution in [1.82, 2.24) is 10.3 Å². The highest BCUT2D eigenvalue weighted by Gasteiger charge is 2.21. The molecule has 0 aliphatic heterocycles. The van der Waals surface area contributed by atoms with Gasteiger partial charge in [0.25, 0.3) is 0 Å². The van der Waals surface area contributed by atoms with Crippen molar-refractivity contribution in [3.8, 4) is 0 Å². The topological polar surface area (TPSA) is 37.0 Å². The lowest BCUT2D eigenvalue weighted by Crippen LogP contribution is -2.37. The molecule has 3 aromatic carbocycles. The minimum atomic E-state index is -0.241. The van der Waals surface area contributed by atoms with Gasteiger partial charge < -0.3 is 10.6 Å². The fourth-order valence-corrected chi connectivity index (χ4v) is 5.60. The summed E-state index contributed by atoms with van der Waals surface area (Å²) in [5, 5.41) is 9.27. The zero-order valence-electron chi connectivity index (χ0n) is 20.8. The number of hydrogen-bond acceptors (Lipinski definition) is 3. The predicted octanol–water partition coefficient (Wildman–Crippen LogP) is 8.09. The molecule has 1 fully saturated rings. The van der Waals surface area contributed by atoms with E-state index in [1.165, 1.54) is 24.3 Å². The van der Waals surface area contributed by atoms with E-state index in [0.29, 0.717) is 17.1 Å². The third-order valence-electron chi connectivity index (χ3n) is 7.44. The summed E-state index contributed by atoms with van der Waals surface area (Å²) in [4.78, 5) is 4.44. The van der Waals surface area contributed by atoms with Crippen LogP contribution in [0.3, 0.4) is 0 Å². The van der Waals surface area contributed by atoms with Crippen LogP contribution >= 0.6 is 11.6 Å². The van der Waals surface area contributed by atoms with E-state index < -0.39 is 0 Å². The van der Waals surface area contributed by atoms with Gasteiger partial charge in [-0.3, -0.25) is 4.98 Å². The normalized spacial score (nSPS) is 17.8. The van der Waals surface area contributed by atoms with Gasteiger partial charge in [0, 0.05) is 40.3 Å². The fraction of sp³-hybridized carbons (Fsp3) is 0.323. The second kappa shape index (κ2) is 12.0. The van der Waals surface area contributed by atoms with Gasteiger partial charge in [-0.15, -0.1) is 0 Å². The molecule has 0 unspecified atom stereocenters. The number of nitrogens with one attached hydrogen (secondary N) is 2. The van der Waals surface area contributed by atoms with Crippen LogP contribution in [0.1, 0.15) is 55.6 Å². The Morgan fingerprint density at radius 2 is 1.43 bits per heavy atom. The number of nitrogens with zero attached hydrogens (tertiary/aromatic N) is 1. The maximum Gasteiger partial charge on any atom is 0.123 e. The van der Waals surface area contributed by atoms with Crippen LogP contribution in [0.25, 0.3) is 10.9 Å². The van der Waals surface area contributed by atoms with E-state index in [1.807, 2.05) is 54.7 Å². The van der Waals surface area contributed by atoms with E-state index in [2.05, 4.69) is 15.6 Å². The molecule has 37 heavy (non-hydrogen) atoms. The van der Waals surface area contributed by atoms with Gasteiger partial charge in [-0.2, -0.15) is 0 Å². The Bertz CT molecular complexity index is 1260. The van der Waals surface area contributed by atoms with Crippen LogP contribution in [0.15, 0.2) is 79.0 Å². The predicted molar refractivity (Wildman–Crippen MR) is 148 cm³/mol. The van der Waals surface area contributed by atoms with Gasteiger partial charge in [0.05, 0.1) is 5.52 Å². The third kappa shape index (κ3) is 6.65. The van der Waals surface area contributed by atoms with Crippen molar-refractivity contribution in [2.45, 2.75) is 56.5 Å². The number of pyridine rings is 1. The van der Waals surface area contributed by atoms with Crippen molar-refractivity contribution >= 4 is 28.2 Å². The van der Waals surface area contributed by atoms with Gasteiger partial charge in [-0.1, -0.05) is 35.9 Å². The maximum atomic E-state index is 13.5. The number of hydrogen-bond donors (Lipinski definition) is 2. The van der Waals surface area contributed by atoms with Crippen molar-refractivity contribution in [3.05, 3.63) is 107 Å². The first kappa shape index (κ1) is 25.6. The van der Waals surface area contributed by atoms with Crippen LogP contribution in [0.5, 0.6) is 0 Å². The van der Waals surface area contributed by atoms with Gasteiger partial charge in [0.15, 0.2) is 0 Å². The first-order chi connectivity index (χ1) is 18.0. The SMILES string of the molecule is Fc1ccc(C(CCCN[C@H]2CC[C@@H](Nc3ccnc4cc(Cl)ccc34)CC2)c2ccc(F)cc2)cc1. The molecule has 1 heterocycles. The van der Waals surface area contributed by atoms with Crippen molar-refractivity contribution in [2.24, 2.45) is 0 Å². The van der Waals surface area contributed by atoms with Crippen molar-refractivity contribution in [3.63, 3.8) is 0 Å². The van der Waals surface area contributed by atoms with Crippen molar-refractivity contribution in [1.29, 1.82) is 0 Å². The van der Waals surface area contributed by atoms with Gasteiger partial charge in [0.1, 0.15) is 11.6 Å². The summed E-state index contributed by atoms with van der Waals surface area (Å²) in [6.07, 6.45) is 8.23. The molecular formula is C31H32ClF2N3. The van der Waals surface area contributed by atoms with Gasteiger partial charge >= 0.3 is 0 Å². The lowest BCUT2D eigenvalue weighted by Gasteiger charge is -2.31. The molecule has 0 radical (unpaired) electrons. The molecule has 0 bridgehead atoms. The quantitative estimate of drug-likeness (QED) is 0.219. The fourth-order valence-electron chi connectivity index (χ4n) is 5.44. The second-order valence-corrected chi connectivity index (χ2v) is 10.4. The summed E-state index contributed by atoms with van der Waals surface area (Å²) < 4.78 is 27.0. The monoisotopic (exact) mass is 519 g/mol. The molecule has 5 rings (SSSR count). The van der Waals surface area contributed by atoms with Crippen molar-refractivity contribution < 1.29 is 8.78 Å². The summed E-state index contributed by atoms with van der Waals surface area (Å²) in [7, 11) is 0. The van der Waals surface area contributed by atoms with Gasteiger partial charge in [0.2, 0.25) is 0 Å². The lowest BCUT2D eigenvalue weighted by molar-refractivity contribution is 0.351. The molecule has 0 amide bonds. The number of aromatic nitrogens is 1. The number of halogens is 3. The van der Waals surface area contributed by atoms with Gasteiger partial charge in [-0.25, -0.2) is 8.78 Å². The summed E-state index contributed by atoms with van der Waals surface area (Å²) in [5.74, 6) is -0.363. The number of anilines is 1. The molecule has 2 N–H and O–H groups in total. The Kier molecular flexibility index (Phi) is 8.32. The first-order valence-electron chi connectivity index (χ1n) is 13.1. The molecule has 1 aromatic heterocycles. The zero-order chi connectivity index (χ0) is 25.6. The molecule has 192 valence electrons. The first-order valence-corrected chi connectivity index (χ1v) is 13.5. The maximum absolute atomic E-state index is 13.5. The summed E-state index contributed by atoms with van der Waals surface area (Å²) in [6.45, 7) is 0.928. The number of benzene rings is 3. The van der Waals surface area contributed by atoms with E-state index in [4.69, 9.17) is 11.6 Å². The van der Waals surface area contributed by atoms with Crippen LogP contribution in [-0.4, -0.2) is 23.6 Å². The highest BCUT2D eigenvalue weighted by Crippen LogP contribution is 2.31. The average molecular weight is 520 g/mol.